The number of nitrogens with one attached hydrogen (secondary N) is 2. The van der Waals surface area contributed by atoms with Crippen molar-refractivity contribution in [1.82, 2.24) is 25.3 Å². The molecule has 2 aliphatic rings. The maximum atomic E-state index is 12.8. The van der Waals surface area contributed by atoms with E-state index in [0.717, 1.165) is 43.7 Å². The van der Waals surface area contributed by atoms with Gasteiger partial charge in [-0.2, -0.15) is 0 Å². The second kappa shape index (κ2) is 12.7. The summed E-state index contributed by atoms with van der Waals surface area (Å²) >= 11 is 1.00. The van der Waals surface area contributed by atoms with Crippen LogP contribution in [0.1, 0.15) is 64.6 Å². The summed E-state index contributed by atoms with van der Waals surface area (Å²) in [5.74, 6) is -0.204. The van der Waals surface area contributed by atoms with Crippen molar-refractivity contribution >= 4 is 34.7 Å². The molecule has 0 atom stereocenters. The van der Waals surface area contributed by atoms with Crippen molar-refractivity contribution in [2.45, 2.75) is 44.9 Å². The highest BCUT2D eigenvalue weighted by Crippen LogP contribution is 2.23. The molecule has 0 saturated carbocycles. The number of anilines is 1. The molecule has 0 unspecified atom stereocenters. The Bertz CT molecular complexity index is 984. The molecule has 35 heavy (non-hydrogen) atoms. The van der Waals surface area contributed by atoms with Gasteiger partial charge in [-0.05, 0) is 69.8 Å². The fourth-order valence-electron chi connectivity index (χ4n) is 4.63. The van der Waals surface area contributed by atoms with E-state index >= 15 is 0 Å². The van der Waals surface area contributed by atoms with E-state index in [1.807, 2.05) is 18.2 Å². The summed E-state index contributed by atoms with van der Waals surface area (Å²) in [6.07, 6.45) is 6.99. The number of rotatable bonds is 9. The molecular weight excluding hydrogens is 464 g/mol. The fraction of sp³-hybridized carbons (Fsp3) is 0.560. The monoisotopic (exact) mass is 498 g/mol. The second-order valence-electron chi connectivity index (χ2n) is 9.28. The van der Waals surface area contributed by atoms with Gasteiger partial charge in [0, 0.05) is 31.7 Å². The van der Waals surface area contributed by atoms with Gasteiger partial charge in [0.15, 0.2) is 0 Å². The third kappa shape index (κ3) is 7.57. The molecule has 2 fully saturated rings. The number of hydrogen-bond donors (Lipinski definition) is 2. The van der Waals surface area contributed by atoms with Crippen LogP contribution in [0.15, 0.2) is 30.3 Å². The van der Waals surface area contributed by atoms with Crippen LogP contribution >= 0.6 is 11.3 Å². The maximum Gasteiger partial charge on any atom is 0.286 e. The molecule has 1 aromatic carbocycles. The molecule has 2 aliphatic heterocycles. The van der Waals surface area contributed by atoms with Crippen molar-refractivity contribution in [3.8, 4) is 0 Å². The predicted molar refractivity (Wildman–Crippen MR) is 135 cm³/mol. The van der Waals surface area contributed by atoms with Crippen LogP contribution in [0.2, 0.25) is 0 Å². The van der Waals surface area contributed by atoms with Crippen LogP contribution in [0.25, 0.3) is 0 Å². The molecular formula is C25H34N6O3S. The van der Waals surface area contributed by atoms with Crippen LogP contribution in [-0.2, 0) is 4.79 Å². The second-order valence-corrected chi connectivity index (χ2v) is 10.3. The van der Waals surface area contributed by atoms with Crippen LogP contribution in [0.5, 0.6) is 0 Å². The Morgan fingerprint density at radius 2 is 1.66 bits per heavy atom. The highest BCUT2D eigenvalue weighted by atomic mass is 32.1. The Kier molecular flexibility index (Phi) is 9.19. The fourth-order valence-corrected chi connectivity index (χ4v) is 5.34. The molecule has 3 amide bonds. The summed E-state index contributed by atoms with van der Waals surface area (Å²) in [6, 6.07) is 9.09. The summed E-state index contributed by atoms with van der Waals surface area (Å²) in [5.41, 5.74) is 0.661. The average Bonchev–Trinajstić information content (AvgIpc) is 3.39. The van der Waals surface area contributed by atoms with Gasteiger partial charge < -0.3 is 20.4 Å². The number of aromatic nitrogens is 2. The molecule has 9 nitrogen and oxygen atoms in total. The smallest absolute Gasteiger partial charge is 0.286 e. The van der Waals surface area contributed by atoms with Gasteiger partial charge in [-0.15, -0.1) is 10.2 Å². The third-order valence-corrected chi connectivity index (χ3v) is 7.54. The Balaban J connectivity index is 1.15. The van der Waals surface area contributed by atoms with E-state index < -0.39 is 0 Å². The quantitative estimate of drug-likeness (QED) is 0.515. The summed E-state index contributed by atoms with van der Waals surface area (Å²) in [5, 5.41) is 14.0. The van der Waals surface area contributed by atoms with Gasteiger partial charge in [0.1, 0.15) is 0 Å². The first-order chi connectivity index (χ1) is 17.1. The highest BCUT2D eigenvalue weighted by Gasteiger charge is 2.28. The first-order valence-corrected chi connectivity index (χ1v) is 13.4. The maximum absolute atomic E-state index is 12.8. The number of nitrogens with zero attached hydrogens (tertiary/aromatic N) is 4. The Labute approximate surface area is 210 Å². The lowest BCUT2D eigenvalue weighted by Gasteiger charge is -2.31. The normalized spacial score (nSPS) is 17.2. The van der Waals surface area contributed by atoms with Crippen molar-refractivity contribution in [1.29, 1.82) is 0 Å². The third-order valence-electron chi connectivity index (χ3n) is 6.63. The molecule has 4 rings (SSSR count). The molecule has 2 N–H and O–H groups in total. The molecule has 1 aromatic heterocycles. The molecule has 0 spiro atoms. The van der Waals surface area contributed by atoms with E-state index in [0.29, 0.717) is 25.2 Å². The predicted octanol–water partition coefficient (Wildman–Crippen LogP) is 3.02. The number of para-hydroxylation sites is 1. The Hall–Kier alpha value is -2.85. The first kappa shape index (κ1) is 25.2. The topological polar surface area (TPSA) is 108 Å². The van der Waals surface area contributed by atoms with Crippen molar-refractivity contribution in [2.75, 3.05) is 44.6 Å². The van der Waals surface area contributed by atoms with Gasteiger partial charge in [0.2, 0.25) is 15.9 Å². The van der Waals surface area contributed by atoms with Crippen molar-refractivity contribution in [3.05, 3.63) is 40.3 Å². The van der Waals surface area contributed by atoms with Crippen LogP contribution in [0, 0.1) is 5.92 Å². The number of hydrogen-bond acceptors (Lipinski definition) is 7. The number of carbonyl (C=O) groups is 3. The number of carbonyl (C=O) groups excluding carboxylic acids is 3. The number of likely N-dealkylation sites (tertiary alicyclic amines) is 2. The summed E-state index contributed by atoms with van der Waals surface area (Å²) in [7, 11) is 0. The van der Waals surface area contributed by atoms with E-state index in [1.54, 1.807) is 17.0 Å². The Morgan fingerprint density at radius 3 is 2.40 bits per heavy atom. The van der Waals surface area contributed by atoms with E-state index in [4.69, 9.17) is 0 Å². The average molecular weight is 499 g/mol. The minimum atomic E-state index is -0.381. The van der Waals surface area contributed by atoms with Gasteiger partial charge in [-0.25, -0.2) is 0 Å². The van der Waals surface area contributed by atoms with Gasteiger partial charge in [0.05, 0.1) is 0 Å². The van der Waals surface area contributed by atoms with Crippen LogP contribution in [-0.4, -0.2) is 77.0 Å². The zero-order valence-electron chi connectivity index (χ0n) is 20.1. The minimum absolute atomic E-state index is 0.103. The largest absolute Gasteiger partial charge is 0.356 e. The molecule has 2 aromatic rings. The lowest BCUT2D eigenvalue weighted by molar-refractivity contribution is -0.122. The first-order valence-electron chi connectivity index (χ1n) is 12.6. The zero-order chi connectivity index (χ0) is 24.5. The molecule has 2 saturated heterocycles. The van der Waals surface area contributed by atoms with E-state index in [9.17, 15) is 14.4 Å². The summed E-state index contributed by atoms with van der Waals surface area (Å²) in [6.45, 7) is 5.31. The molecule has 0 aliphatic carbocycles. The SMILES string of the molecule is O=C(CC1CCN(C(=O)c2nnc(C(=O)Nc3ccccc3)s2)CC1)NCCCN1CCCCC1. The molecule has 10 heteroatoms. The number of amides is 3. The highest BCUT2D eigenvalue weighted by molar-refractivity contribution is 7.15. The zero-order valence-corrected chi connectivity index (χ0v) is 20.9. The lowest BCUT2D eigenvalue weighted by atomic mass is 9.93. The van der Waals surface area contributed by atoms with Crippen molar-refractivity contribution < 1.29 is 14.4 Å². The molecule has 0 bridgehead atoms. The number of piperidine rings is 2. The molecule has 3 heterocycles. The van der Waals surface area contributed by atoms with Gasteiger partial charge in [0.25, 0.3) is 11.8 Å². The van der Waals surface area contributed by atoms with Crippen LogP contribution < -0.4 is 10.6 Å². The van der Waals surface area contributed by atoms with Crippen LogP contribution in [0.4, 0.5) is 5.69 Å². The summed E-state index contributed by atoms with van der Waals surface area (Å²) in [4.78, 5) is 41.8. The van der Waals surface area contributed by atoms with E-state index in [2.05, 4.69) is 25.7 Å². The number of benzene rings is 1. The lowest BCUT2D eigenvalue weighted by Crippen LogP contribution is -2.40. The van der Waals surface area contributed by atoms with Gasteiger partial charge >= 0.3 is 0 Å². The van der Waals surface area contributed by atoms with E-state index in [1.165, 1.54) is 32.4 Å². The van der Waals surface area contributed by atoms with Crippen molar-refractivity contribution in [2.24, 2.45) is 5.92 Å². The minimum Gasteiger partial charge on any atom is -0.356 e. The Morgan fingerprint density at radius 1 is 0.943 bits per heavy atom. The van der Waals surface area contributed by atoms with Gasteiger partial charge in [-0.1, -0.05) is 36.0 Å². The van der Waals surface area contributed by atoms with Gasteiger partial charge in [-0.3, -0.25) is 14.4 Å². The van der Waals surface area contributed by atoms with Crippen molar-refractivity contribution in [3.63, 3.8) is 0 Å². The van der Waals surface area contributed by atoms with Crippen LogP contribution in [0.3, 0.4) is 0 Å². The summed E-state index contributed by atoms with van der Waals surface area (Å²) < 4.78 is 0. The molecule has 188 valence electrons. The van der Waals surface area contributed by atoms with E-state index in [-0.39, 0.29) is 33.7 Å². The standard InChI is InChI=1S/C25H34N6O3S/c32-21(26-12-7-15-30-13-5-2-6-14-30)18-19-10-16-31(17-11-19)25(34)24-29-28-23(35-24)22(33)27-20-8-3-1-4-9-20/h1,3-4,8-9,19H,2,5-7,10-18H2,(H,26,32)(H,27,33). The molecule has 0 radical (unpaired) electrons.